The van der Waals surface area contributed by atoms with Gasteiger partial charge in [-0.05, 0) is 55.7 Å². The molecule has 0 aliphatic heterocycles. The van der Waals surface area contributed by atoms with Gasteiger partial charge >= 0.3 is 0 Å². The topological polar surface area (TPSA) is 12.0 Å². The molecule has 0 heterocycles. The fourth-order valence-electron chi connectivity index (χ4n) is 2.38. The van der Waals surface area contributed by atoms with Crippen LogP contribution in [0.3, 0.4) is 0 Å². The zero-order valence-corrected chi connectivity index (χ0v) is 13.5. The molecule has 112 valence electrons. The summed E-state index contributed by atoms with van der Waals surface area (Å²) in [5.74, 6) is -0.384. The van der Waals surface area contributed by atoms with E-state index < -0.39 is 0 Å². The van der Waals surface area contributed by atoms with Crippen molar-refractivity contribution in [1.82, 2.24) is 5.32 Å². The zero-order chi connectivity index (χ0) is 15.4. The van der Waals surface area contributed by atoms with Crippen LogP contribution in [0.4, 0.5) is 4.39 Å². The molecule has 0 saturated carbocycles. The minimum absolute atomic E-state index is 0.0472. The van der Waals surface area contributed by atoms with Gasteiger partial charge in [0, 0.05) is 17.1 Å². The van der Waals surface area contributed by atoms with Crippen LogP contribution in [-0.2, 0) is 6.42 Å². The quantitative estimate of drug-likeness (QED) is 0.774. The average molecular weight is 326 g/mol. The number of halogens is 3. The van der Waals surface area contributed by atoms with Crippen LogP contribution >= 0.6 is 23.2 Å². The van der Waals surface area contributed by atoms with Gasteiger partial charge in [-0.25, -0.2) is 4.39 Å². The summed E-state index contributed by atoms with van der Waals surface area (Å²) in [5, 5.41) is 4.35. The van der Waals surface area contributed by atoms with E-state index in [1.54, 1.807) is 6.07 Å². The van der Waals surface area contributed by atoms with Crippen molar-refractivity contribution in [1.29, 1.82) is 0 Å². The Morgan fingerprint density at radius 1 is 1.10 bits per heavy atom. The molecule has 2 aromatic rings. The summed E-state index contributed by atoms with van der Waals surface area (Å²) >= 11 is 11.7. The highest BCUT2D eigenvalue weighted by Crippen LogP contribution is 2.21. The molecule has 2 atom stereocenters. The first-order valence-corrected chi connectivity index (χ1v) is 7.66. The van der Waals surface area contributed by atoms with Crippen LogP contribution in [0.1, 0.15) is 31.0 Å². The van der Waals surface area contributed by atoms with Gasteiger partial charge in [0.1, 0.15) is 5.82 Å². The Morgan fingerprint density at radius 2 is 1.86 bits per heavy atom. The summed E-state index contributed by atoms with van der Waals surface area (Å²) < 4.78 is 13.5. The van der Waals surface area contributed by atoms with Crippen LogP contribution < -0.4 is 5.32 Å². The van der Waals surface area contributed by atoms with Gasteiger partial charge in [0.2, 0.25) is 0 Å². The van der Waals surface area contributed by atoms with Gasteiger partial charge in [-0.3, -0.25) is 0 Å². The summed E-state index contributed by atoms with van der Waals surface area (Å²) in [6, 6.07) is 13.0. The lowest BCUT2D eigenvalue weighted by Gasteiger charge is -2.21. The standard InChI is InChI=1S/C17H18Cl2FN/c1-11(8-13-4-3-5-15(18)9-13)21-12(2)14-6-7-16(19)17(20)10-14/h3-7,9-12,21H,8H2,1-2H3. The smallest absolute Gasteiger partial charge is 0.142 e. The molecule has 2 rings (SSSR count). The second-order valence-electron chi connectivity index (χ2n) is 5.30. The van der Waals surface area contributed by atoms with E-state index in [0.29, 0.717) is 0 Å². The molecule has 0 fully saturated rings. The highest BCUT2D eigenvalue weighted by Gasteiger charge is 2.12. The maximum absolute atomic E-state index is 13.5. The van der Waals surface area contributed by atoms with Crippen LogP contribution in [0, 0.1) is 5.82 Å². The molecule has 0 bridgehead atoms. The van der Waals surface area contributed by atoms with Crippen molar-refractivity contribution in [2.45, 2.75) is 32.4 Å². The molecule has 1 N–H and O–H groups in total. The van der Waals surface area contributed by atoms with E-state index in [1.165, 1.54) is 11.6 Å². The largest absolute Gasteiger partial charge is 0.307 e. The van der Waals surface area contributed by atoms with Crippen molar-refractivity contribution in [3.8, 4) is 0 Å². The van der Waals surface area contributed by atoms with Gasteiger partial charge < -0.3 is 5.32 Å². The van der Waals surface area contributed by atoms with E-state index in [4.69, 9.17) is 23.2 Å². The Bertz CT molecular complexity index is 615. The molecule has 2 unspecified atom stereocenters. The Morgan fingerprint density at radius 3 is 2.52 bits per heavy atom. The third-order valence-electron chi connectivity index (χ3n) is 3.41. The Labute approximate surface area is 135 Å². The normalized spacial score (nSPS) is 14.0. The summed E-state index contributed by atoms with van der Waals surface area (Å²) in [5.41, 5.74) is 2.06. The Hall–Kier alpha value is -1.09. The number of benzene rings is 2. The molecule has 0 spiro atoms. The molecule has 21 heavy (non-hydrogen) atoms. The van der Waals surface area contributed by atoms with Gasteiger partial charge in [0.05, 0.1) is 5.02 Å². The maximum Gasteiger partial charge on any atom is 0.142 e. The second-order valence-corrected chi connectivity index (χ2v) is 6.14. The van der Waals surface area contributed by atoms with Gasteiger partial charge in [0.25, 0.3) is 0 Å². The van der Waals surface area contributed by atoms with Crippen molar-refractivity contribution < 1.29 is 4.39 Å². The fraction of sp³-hybridized carbons (Fsp3) is 0.294. The second kappa shape index (κ2) is 7.26. The monoisotopic (exact) mass is 325 g/mol. The first-order valence-electron chi connectivity index (χ1n) is 6.91. The highest BCUT2D eigenvalue weighted by molar-refractivity contribution is 6.30. The molecule has 0 aromatic heterocycles. The van der Waals surface area contributed by atoms with Gasteiger partial charge in [-0.15, -0.1) is 0 Å². The lowest BCUT2D eigenvalue weighted by atomic mass is 10.0. The molecule has 0 aliphatic carbocycles. The minimum atomic E-state index is -0.384. The first kappa shape index (κ1) is 16.3. The lowest BCUT2D eigenvalue weighted by Crippen LogP contribution is -2.30. The Kier molecular flexibility index (Phi) is 5.63. The van der Waals surface area contributed by atoms with Crippen molar-refractivity contribution in [3.63, 3.8) is 0 Å². The van der Waals surface area contributed by atoms with E-state index in [2.05, 4.69) is 18.3 Å². The van der Waals surface area contributed by atoms with Crippen molar-refractivity contribution >= 4 is 23.2 Å². The number of nitrogens with one attached hydrogen (secondary N) is 1. The number of rotatable bonds is 5. The van der Waals surface area contributed by atoms with Gasteiger partial charge in [-0.1, -0.05) is 41.4 Å². The third-order valence-corrected chi connectivity index (χ3v) is 3.95. The SMILES string of the molecule is CC(Cc1cccc(Cl)c1)NC(C)c1ccc(Cl)c(F)c1. The minimum Gasteiger partial charge on any atom is -0.307 e. The summed E-state index contributed by atoms with van der Waals surface area (Å²) in [6.45, 7) is 4.11. The molecule has 4 heteroatoms. The highest BCUT2D eigenvalue weighted by atomic mass is 35.5. The molecular weight excluding hydrogens is 308 g/mol. The van der Waals surface area contributed by atoms with Crippen molar-refractivity contribution in [3.05, 3.63) is 69.5 Å². The van der Waals surface area contributed by atoms with Crippen molar-refractivity contribution in [2.24, 2.45) is 0 Å². The molecule has 0 radical (unpaired) electrons. The summed E-state index contributed by atoms with van der Waals surface area (Å²) in [4.78, 5) is 0. The van der Waals surface area contributed by atoms with E-state index in [0.717, 1.165) is 17.0 Å². The maximum atomic E-state index is 13.5. The summed E-state index contributed by atoms with van der Waals surface area (Å²) in [6.07, 6.45) is 0.862. The van der Waals surface area contributed by atoms with Gasteiger partial charge in [0.15, 0.2) is 0 Å². The van der Waals surface area contributed by atoms with E-state index in [9.17, 15) is 4.39 Å². The van der Waals surface area contributed by atoms with Gasteiger partial charge in [-0.2, -0.15) is 0 Å². The third kappa shape index (κ3) is 4.70. The number of hydrogen-bond acceptors (Lipinski definition) is 1. The van der Waals surface area contributed by atoms with Crippen LogP contribution in [0.25, 0.3) is 0 Å². The van der Waals surface area contributed by atoms with Crippen LogP contribution in [0.5, 0.6) is 0 Å². The van der Waals surface area contributed by atoms with Crippen molar-refractivity contribution in [2.75, 3.05) is 0 Å². The lowest BCUT2D eigenvalue weighted by molar-refractivity contribution is 0.475. The molecule has 1 nitrogen and oxygen atoms in total. The predicted molar refractivity (Wildman–Crippen MR) is 87.6 cm³/mol. The molecular formula is C17H18Cl2FN. The van der Waals surface area contributed by atoms with E-state index >= 15 is 0 Å². The zero-order valence-electron chi connectivity index (χ0n) is 12.0. The average Bonchev–Trinajstić information content (AvgIpc) is 2.41. The molecule has 0 amide bonds. The number of hydrogen-bond donors (Lipinski definition) is 1. The predicted octanol–water partition coefficient (Wildman–Crippen LogP) is 5.41. The Balaban J connectivity index is 1.98. The van der Waals surface area contributed by atoms with Crippen LogP contribution in [0.2, 0.25) is 10.0 Å². The first-order chi connectivity index (χ1) is 9.95. The fourth-order valence-corrected chi connectivity index (χ4v) is 2.71. The van der Waals surface area contributed by atoms with E-state index in [-0.39, 0.29) is 22.9 Å². The summed E-state index contributed by atoms with van der Waals surface area (Å²) in [7, 11) is 0. The van der Waals surface area contributed by atoms with Crippen LogP contribution in [-0.4, -0.2) is 6.04 Å². The molecule has 2 aromatic carbocycles. The van der Waals surface area contributed by atoms with E-state index in [1.807, 2.05) is 31.2 Å². The molecule has 0 saturated heterocycles. The van der Waals surface area contributed by atoms with Crippen LogP contribution in [0.15, 0.2) is 42.5 Å². The molecule has 0 aliphatic rings.